The molecule has 2 rings (SSSR count). The lowest BCUT2D eigenvalue weighted by molar-refractivity contribution is -0.127. The maximum atomic E-state index is 11.8. The van der Waals surface area contributed by atoms with Crippen LogP contribution in [0.4, 0.5) is 0 Å². The summed E-state index contributed by atoms with van der Waals surface area (Å²) in [6, 6.07) is 0.269. The molecule has 0 aromatic rings. The molecule has 2 heterocycles. The summed E-state index contributed by atoms with van der Waals surface area (Å²) in [5.74, 6) is 1.31. The van der Waals surface area contributed by atoms with Crippen LogP contribution in [0.15, 0.2) is 0 Å². The highest BCUT2D eigenvalue weighted by Crippen LogP contribution is 2.37. The summed E-state index contributed by atoms with van der Waals surface area (Å²) in [5.41, 5.74) is 0. The second kappa shape index (κ2) is 3.50. The van der Waals surface area contributed by atoms with E-state index >= 15 is 0 Å². The molecule has 13 heavy (non-hydrogen) atoms. The minimum Gasteiger partial charge on any atom is -0.377 e. The quantitative estimate of drug-likeness (QED) is 0.717. The molecule has 1 atom stereocenters. The summed E-state index contributed by atoms with van der Waals surface area (Å²) >= 11 is 1.78. The minimum absolute atomic E-state index is 0.171. The Kier molecular flexibility index (Phi) is 2.51. The second-order valence-electron chi connectivity index (χ2n) is 3.89. The number of hydrogen-bond donors (Lipinski definition) is 1. The topological polar surface area (TPSA) is 38.3 Å². The van der Waals surface area contributed by atoms with Crippen LogP contribution >= 0.6 is 11.8 Å². The van der Waals surface area contributed by atoms with Crippen molar-refractivity contribution in [3.63, 3.8) is 0 Å². The lowest BCUT2D eigenvalue weighted by Gasteiger charge is -2.31. The molecule has 4 heteroatoms. The van der Waals surface area contributed by atoms with E-state index in [1.165, 1.54) is 0 Å². The van der Waals surface area contributed by atoms with Crippen molar-refractivity contribution in [3.8, 4) is 0 Å². The largest absolute Gasteiger partial charge is 0.377 e. The van der Waals surface area contributed by atoms with Crippen LogP contribution in [-0.2, 0) is 9.53 Å². The Morgan fingerprint density at radius 3 is 2.85 bits per heavy atom. The number of rotatable bonds is 2. The molecule has 74 valence electrons. The van der Waals surface area contributed by atoms with E-state index in [1.54, 1.807) is 11.8 Å². The van der Waals surface area contributed by atoms with Gasteiger partial charge in [0.25, 0.3) is 0 Å². The summed E-state index contributed by atoms with van der Waals surface area (Å²) in [7, 11) is 0. The highest BCUT2D eigenvalue weighted by molar-refractivity contribution is 8.01. The van der Waals surface area contributed by atoms with Crippen LogP contribution < -0.4 is 5.32 Å². The fourth-order valence-corrected chi connectivity index (χ4v) is 2.83. The van der Waals surface area contributed by atoms with Crippen molar-refractivity contribution in [1.82, 2.24) is 5.32 Å². The molecule has 1 unspecified atom stereocenters. The first-order valence-electron chi connectivity index (χ1n) is 4.73. The van der Waals surface area contributed by atoms with Gasteiger partial charge < -0.3 is 10.1 Å². The number of ether oxygens (including phenoxy) is 1. The van der Waals surface area contributed by atoms with Crippen molar-refractivity contribution >= 4 is 17.7 Å². The predicted octanol–water partition coefficient (Wildman–Crippen LogP) is 0.787. The normalized spacial score (nSPS) is 34.2. The van der Waals surface area contributed by atoms with E-state index in [4.69, 9.17) is 4.74 Å². The minimum atomic E-state index is -0.171. The van der Waals surface area contributed by atoms with Gasteiger partial charge in [0.1, 0.15) is 0 Å². The number of nitrogens with one attached hydrogen (secondary N) is 1. The van der Waals surface area contributed by atoms with Crippen molar-refractivity contribution in [2.75, 3.05) is 19.0 Å². The van der Waals surface area contributed by atoms with Crippen LogP contribution in [-0.4, -0.2) is 35.7 Å². The van der Waals surface area contributed by atoms with Crippen molar-refractivity contribution in [2.24, 2.45) is 0 Å². The summed E-state index contributed by atoms with van der Waals surface area (Å²) in [5, 5.41) is 3.01. The maximum Gasteiger partial charge on any atom is 0.236 e. The van der Waals surface area contributed by atoms with Crippen LogP contribution in [0.5, 0.6) is 0 Å². The van der Waals surface area contributed by atoms with Gasteiger partial charge in [-0.3, -0.25) is 4.79 Å². The Hall–Kier alpha value is -0.220. The molecule has 0 aromatic heterocycles. The van der Waals surface area contributed by atoms with Gasteiger partial charge in [0.05, 0.1) is 24.0 Å². The molecule has 0 bridgehead atoms. The first kappa shape index (κ1) is 9.34. The summed E-state index contributed by atoms with van der Waals surface area (Å²) < 4.78 is 4.84. The molecule has 0 radical (unpaired) electrons. The number of thioether (sulfide) groups is 1. The molecule has 2 fully saturated rings. The molecule has 1 N–H and O–H groups in total. The smallest absolute Gasteiger partial charge is 0.236 e. The number of carbonyl (C=O) groups is 1. The molecule has 0 aromatic carbocycles. The number of carbonyl (C=O) groups excluding carboxylic acids is 1. The van der Waals surface area contributed by atoms with Gasteiger partial charge in [-0.1, -0.05) is 0 Å². The highest BCUT2D eigenvalue weighted by Gasteiger charge is 2.38. The van der Waals surface area contributed by atoms with Gasteiger partial charge >= 0.3 is 0 Å². The fraction of sp³-hybridized carbons (Fsp3) is 0.889. The summed E-state index contributed by atoms with van der Waals surface area (Å²) in [6.45, 7) is 3.42. The molecule has 3 nitrogen and oxygen atoms in total. The predicted molar refractivity (Wildman–Crippen MR) is 52.8 cm³/mol. The third-order valence-corrected chi connectivity index (χ3v) is 4.19. The Morgan fingerprint density at radius 1 is 1.62 bits per heavy atom. The zero-order valence-corrected chi connectivity index (χ0v) is 8.65. The maximum absolute atomic E-state index is 11.8. The third kappa shape index (κ3) is 1.83. The van der Waals surface area contributed by atoms with Crippen LogP contribution in [0.3, 0.4) is 0 Å². The van der Waals surface area contributed by atoms with Crippen molar-refractivity contribution in [2.45, 2.75) is 30.6 Å². The Balaban J connectivity index is 1.87. The second-order valence-corrected chi connectivity index (χ2v) is 5.49. The Morgan fingerprint density at radius 2 is 2.38 bits per heavy atom. The molecular formula is C9H15NO2S. The SMILES string of the molecule is CC1(C(=O)NC2COC2)CCCS1. The molecule has 2 aliphatic heterocycles. The molecular weight excluding hydrogens is 186 g/mol. The Bertz CT molecular complexity index is 210. The summed E-state index contributed by atoms with van der Waals surface area (Å²) in [6.07, 6.45) is 2.17. The van der Waals surface area contributed by atoms with Gasteiger partial charge in [-0.25, -0.2) is 0 Å². The molecule has 2 aliphatic rings. The van der Waals surface area contributed by atoms with Gasteiger partial charge in [-0.15, -0.1) is 11.8 Å². The van der Waals surface area contributed by atoms with Gasteiger partial charge in [-0.2, -0.15) is 0 Å². The van der Waals surface area contributed by atoms with E-state index in [9.17, 15) is 4.79 Å². The Labute approximate surface area is 82.6 Å². The summed E-state index contributed by atoms with van der Waals surface area (Å²) in [4.78, 5) is 11.8. The zero-order chi connectivity index (χ0) is 9.31. The third-order valence-electron chi connectivity index (χ3n) is 2.67. The standard InChI is InChI=1S/C9H15NO2S/c1-9(3-2-4-13-9)8(11)10-7-5-12-6-7/h7H,2-6H2,1H3,(H,10,11). The number of hydrogen-bond acceptors (Lipinski definition) is 3. The first-order chi connectivity index (χ1) is 6.21. The van der Waals surface area contributed by atoms with E-state index in [0.29, 0.717) is 13.2 Å². The highest BCUT2D eigenvalue weighted by atomic mass is 32.2. The van der Waals surface area contributed by atoms with Gasteiger partial charge in [0, 0.05) is 0 Å². The molecule has 0 aliphatic carbocycles. The first-order valence-corrected chi connectivity index (χ1v) is 5.72. The average molecular weight is 201 g/mol. The molecule has 0 saturated carbocycles. The van der Waals surface area contributed by atoms with Crippen molar-refractivity contribution in [3.05, 3.63) is 0 Å². The molecule has 0 spiro atoms. The fourth-order valence-electron chi connectivity index (χ4n) is 1.62. The van der Waals surface area contributed by atoms with Gasteiger partial charge in [-0.05, 0) is 25.5 Å². The van der Waals surface area contributed by atoms with Crippen LogP contribution in [0.2, 0.25) is 0 Å². The molecule has 2 saturated heterocycles. The van der Waals surface area contributed by atoms with Gasteiger partial charge in [0.2, 0.25) is 5.91 Å². The van der Waals surface area contributed by atoms with Crippen LogP contribution in [0.1, 0.15) is 19.8 Å². The lowest BCUT2D eigenvalue weighted by Crippen LogP contribution is -2.53. The van der Waals surface area contributed by atoms with Crippen LogP contribution in [0.25, 0.3) is 0 Å². The van der Waals surface area contributed by atoms with Crippen molar-refractivity contribution < 1.29 is 9.53 Å². The van der Waals surface area contributed by atoms with E-state index in [-0.39, 0.29) is 16.7 Å². The monoisotopic (exact) mass is 201 g/mol. The van der Waals surface area contributed by atoms with E-state index in [1.807, 2.05) is 6.92 Å². The van der Waals surface area contributed by atoms with E-state index in [2.05, 4.69) is 5.32 Å². The van der Waals surface area contributed by atoms with Crippen LogP contribution in [0, 0.1) is 0 Å². The zero-order valence-electron chi connectivity index (χ0n) is 7.84. The van der Waals surface area contributed by atoms with E-state index < -0.39 is 0 Å². The number of amides is 1. The molecule has 1 amide bonds. The van der Waals surface area contributed by atoms with E-state index in [0.717, 1.165) is 18.6 Å². The lowest BCUT2D eigenvalue weighted by atomic mass is 10.0. The van der Waals surface area contributed by atoms with Crippen molar-refractivity contribution in [1.29, 1.82) is 0 Å². The van der Waals surface area contributed by atoms with Gasteiger partial charge in [0.15, 0.2) is 0 Å². The average Bonchev–Trinajstić information content (AvgIpc) is 2.45.